The lowest BCUT2D eigenvalue weighted by Gasteiger charge is -2.20. The molecule has 65 heavy (non-hydrogen) atoms. The molecule has 7 heteroatoms. The topological polar surface area (TPSA) is 45.6 Å². The monoisotopic (exact) mass is 883 g/mol. The second-order valence-corrected chi connectivity index (χ2v) is 22.1. The fraction of sp³-hybridized carbons (Fsp3) is 0.0690. The number of para-hydroxylation sites is 1. The fourth-order valence-electron chi connectivity index (χ4n) is 8.60. The zero-order valence-electron chi connectivity index (χ0n) is 37.1. The lowest BCUT2D eigenvalue weighted by atomic mass is 10.0. The molecule has 0 unspecified atom stereocenters. The highest BCUT2D eigenvalue weighted by molar-refractivity contribution is 7.85. The van der Waals surface area contributed by atoms with Gasteiger partial charge < -0.3 is 23.5 Å². The number of hydrogen-bond acceptors (Lipinski definition) is 4. The van der Waals surface area contributed by atoms with Crippen molar-refractivity contribution in [1.29, 1.82) is 0 Å². The lowest BCUT2D eigenvalue weighted by molar-refractivity contribution is 0.591. The van der Waals surface area contributed by atoms with Crippen LogP contribution in [0.25, 0.3) is 38.6 Å². The van der Waals surface area contributed by atoms with E-state index in [9.17, 15) is 0 Å². The number of benzene rings is 9. The van der Waals surface area contributed by atoms with Gasteiger partial charge in [0.05, 0.1) is 11.0 Å². The van der Waals surface area contributed by atoms with Crippen molar-refractivity contribution in [3.05, 3.63) is 237 Å². The first kappa shape index (κ1) is 43.1. The molecular formula is C58H51N3O2P2. The average molecular weight is 884 g/mol. The van der Waals surface area contributed by atoms with E-state index >= 15 is 9.13 Å². The van der Waals surface area contributed by atoms with Crippen molar-refractivity contribution in [1.82, 2.24) is 4.57 Å². The molecule has 0 saturated heterocycles. The van der Waals surface area contributed by atoms with Crippen molar-refractivity contribution in [3.63, 3.8) is 0 Å². The van der Waals surface area contributed by atoms with Crippen LogP contribution in [0, 0.1) is 0 Å². The first-order valence-electron chi connectivity index (χ1n) is 21.8. The van der Waals surface area contributed by atoms with Crippen molar-refractivity contribution in [2.24, 2.45) is 0 Å². The van der Waals surface area contributed by atoms with E-state index in [-0.39, 0.29) is 0 Å². The van der Waals surface area contributed by atoms with E-state index in [2.05, 4.69) is 127 Å². The van der Waals surface area contributed by atoms with Crippen LogP contribution in [0.1, 0.15) is 0 Å². The van der Waals surface area contributed by atoms with Crippen LogP contribution >= 0.6 is 14.3 Å². The van der Waals surface area contributed by atoms with E-state index in [1.165, 1.54) is 22.5 Å². The summed E-state index contributed by atoms with van der Waals surface area (Å²) in [5, 5.41) is 6.59. The summed E-state index contributed by atoms with van der Waals surface area (Å²) in [5.74, 6) is 0. The van der Waals surface area contributed by atoms with Gasteiger partial charge in [0.1, 0.15) is 0 Å². The molecule has 0 spiro atoms. The normalized spacial score (nSPS) is 11.5. The van der Waals surface area contributed by atoms with Crippen molar-refractivity contribution in [2.45, 2.75) is 0 Å². The SMILES string of the molecule is CN(C)c1ccc(-c2ccc(N(C)C)cc2)cc1.O=P(c1ccccc1)(c1ccccc1)c1ccc2c(c1)c1cc(P(=O)(c3ccccc3)c3ccccc3)ccc1n2-c1ccccc1. The van der Waals surface area contributed by atoms with Gasteiger partial charge in [-0.15, -0.1) is 0 Å². The van der Waals surface area contributed by atoms with Crippen LogP contribution in [-0.2, 0) is 9.13 Å². The summed E-state index contributed by atoms with van der Waals surface area (Å²) in [6.45, 7) is 0. The number of aromatic nitrogens is 1. The van der Waals surface area contributed by atoms with Crippen molar-refractivity contribution in [2.75, 3.05) is 38.0 Å². The van der Waals surface area contributed by atoms with Crippen LogP contribution in [-0.4, -0.2) is 32.8 Å². The molecule has 0 bridgehead atoms. The molecule has 1 aromatic heterocycles. The van der Waals surface area contributed by atoms with E-state index in [0.29, 0.717) is 0 Å². The summed E-state index contributed by atoms with van der Waals surface area (Å²) in [7, 11) is 1.77. The summed E-state index contributed by atoms with van der Waals surface area (Å²) in [6, 6.07) is 79.0. The van der Waals surface area contributed by atoms with Crippen molar-refractivity contribution >= 4 is 79.3 Å². The van der Waals surface area contributed by atoms with Crippen LogP contribution in [0.15, 0.2) is 237 Å². The van der Waals surface area contributed by atoms with Gasteiger partial charge in [-0.05, 0) is 83.9 Å². The minimum atomic E-state index is -3.23. The highest BCUT2D eigenvalue weighted by Gasteiger charge is 2.32. The molecule has 0 fully saturated rings. The molecule has 1 heterocycles. The number of rotatable bonds is 10. The van der Waals surface area contributed by atoms with Crippen LogP contribution in [0.3, 0.4) is 0 Å². The maximum Gasteiger partial charge on any atom is 0.171 e. The molecule has 10 aromatic rings. The summed E-state index contributed by atoms with van der Waals surface area (Å²) in [4.78, 5) is 4.22. The Hall–Kier alpha value is -7.16. The average Bonchev–Trinajstić information content (AvgIpc) is 3.70. The number of nitrogens with zero attached hydrogens (tertiary/aromatic N) is 3. The molecule has 10 rings (SSSR count). The molecule has 9 aromatic carbocycles. The standard InChI is InChI=1S/C42H31NO2P2.C16H20N2/c44-46(33-18-8-2-9-19-33,34-20-10-3-11-21-34)37-26-28-41-39(30-37)40-31-38(27-29-42(40)43(41)32-16-6-1-7-17-32)47(45,35-22-12-4-13-23-35)36-24-14-5-15-25-36;1-17(2)15-9-5-13(6-10-15)14-7-11-16(12-8-14)18(3)4/h1-31H;5-12H,1-4H3. The van der Waals surface area contributed by atoms with E-state index < -0.39 is 14.3 Å². The molecule has 0 radical (unpaired) electrons. The van der Waals surface area contributed by atoms with Crippen LogP contribution in [0.5, 0.6) is 0 Å². The lowest BCUT2D eigenvalue weighted by Crippen LogP contribution is -2.25. The van der Waals surface area contributed by atoms with E-state index in [1.54, 1.807) is 0 Å². The quantitative estimate of drug-likeness (QED) is 0.128. The summed E-state index contributed by atoms with van der Waals surface area (Å²) in [6.07, 6.45) is 0. The van der Waals surface area contributed by atoms with Crippen LogP contribution in [0.4, 0.5) is 11.4 Å². The molecule has 0 aliphatic rings. The smallest absolute Gasteiger partial charge is 0.171 e. The third-order valence-electron chi connectivity index (χ3n) is 12.1. The zero-order chi connectivity index (χ0) is 45.0. The van der Waals surface area contributed by atoms with Gasteiger partial charge >= 0.3 is 0 Å². The second-order valence-electron chi connectivity index (χ2n) is 16.5. The summed E-state index contributed by atoms with van der Waals surface area (Å²) >= 11 is 0. The van der Waals surface area contributed by atoms with Crippen LogP contribution in [0.2, 0.25) is 0 Å². The molecule has 0 aliphatic carbocycles. The molecule has 0 amide bonds. The zero-order valence-corrected chi connectivity index (χ0v) is 38.9. The Morgan fingerprint density at radius 2 is 0.615 bits per heavy atom. The van der Waals surface area contributed by atoms with Crippen LogP contribution < -0.4 is 41.6 Å². The molecular weight excluding hydrogens is 833 g/mol. The van der Waals surface area contributed by atoms with Gasteiger partial charge in [-0.1, -0.05) is 164 Å². The Labute approximate surface area is 382 Å². The Morgan fingerprint density at radius 3 is 0.908 bits per heavy atom. The maximum atomic E-state index is 15.4. The Bertz CT molecular complexity index is 2990. The minimum absolute atomic E-state index is 0.759. The molecule has 320 valence electrons. The summed E-state index contributed by atoms with van der Waals surface area (Å²) < 4.78 is 33.1. The predicted octanol–water partition coefficient (Wildman–Crippen LogP) is 11.5. The highest BCUT2D eigenvalue weighted by atomic mass is 31.2. The third kappa shape index (κ3) is 8.38. The summed E-state index contributed by atoms with van der Waals surface area (Å²) in [5.41, 5.74) is 7.98. The second kappa shape index (κ2) is 18.5. The molecule has 0 aliphatic heterocycles. The Balaban J connectivity index is 0.000000249. The predicted molar refractivity (Wildman–Crippen MR) is 280 cm³/mol. The first-order chi connectivity index (χ1) is 31.7. The molecule has 5 nitrogen and oxygen atoms in total. The van der Waals surface area contributed by atoms with Crippen molar-refractivity contribution < 1.29 is 9.13 Å². The number of anilines is 2. The van der Waals surface area contributed by atoms with Gasteiger partial charge in [0.15, 0.2) is 14.3 Å². The number of hydrogen-bond donors (Lipinski definition) is 0. The largest absolute Gasteiger partial charge is 0.378 e. The minimum Gasteiger partial charge on any atom is -0.378 e. The van der Waals surface area contributed by atoms with Gasteiger partial charge in [0.2, 0.25) is 0 Å². The Morgan fingerprint density at radius 1 is 0.323 bits per heavy atom. The molecule has 0 saturated carbocycles. The molecule has 0 N–H and O–H groups in total. The van der Waals surface area contributed by atoms with Gasteiger partial charge in [-0.25, -0.2) is 0 Å². The maximum absolute atomic E-state index is 15.4. The van der Waals surface area contributed by atoms with Gasteiger partial charge in [-0.2, -0.15) is 0 Å². The van der Waals surface area contributed by atoms with E-state index in [4.69, 9.17) is 0 Å². The highest BCUT2D eigenvalue weighted by Crippen LogP contribution is 2.46. The first-order valence-corrected chi connectivity index (χ1v) is 25.2. The van der Waals surface area contributed by atoms with E-state index in [1.807, 2.05) is 152 Å². The Kier molecular flexibility index (Phi) is 12.3. The van der Waals surface area contributed by atoms with Gasteiger partial charge in [0.25, 0.3) is 0 Å². The van der Waals surface area contributed by atoms with Gasteiger partial charge in [-0.3, -0.25) is 0 Å². The fourth-order valence-corrected chi connectivity index (χ4v) is 13.9. The third-order valence-corrected chi connectivity index (χ3v) is 18.2. The van der Waals surface area contributed by atoms with Gasteiger partial charge in [0, 0.05) is 87.9 Å². The molecule has 0 atom stereocenters. The van der Waals surface area contributed by atoms with Crippen molar-refractivity contribution in [3.8, 4) is 16.8 Å². The van der Waals surface area contributed by atoms with E-state index in [0.717, 1.165) is 59.3 Å². The number of fused-ring (bicyclic) bond motifs is 3.